The maximum Gasteiger partial charge on any atom is 0.337 e. The monoisotopic (exact) mass is 462 g/mol. The number of benzene rings is 2. The Morgan fingerprint density at radius 2 is 1.71 bits per heavy atom. The number of hydrazine groups is 1. The Morgan fingerprint density at radius 1 is 1.00 bits per heavy atom. The molecule has 0 radical (unpaired) electrons. The first-order valence-electron chi connectivity index (χ1n) is 9.89. The highest BCUT2D eigenvalue weighted by molar-refractivity contribution is 6.31. The summed E-state index contributed by atoms with van der Waals surface area (Å²) in [6.07, 6.45) is 1.29. The van der Waals surface area contributed by atoms with Gasteiger partial charge < -0.3 is 19.0 Å². The Balaban J connectivity index is 1.61. The van der Waals surface area contributed by atoms with E-state index in [-0.39, 0.29) is 16.9 Å². The SMILES string of the molecule is COC(=O)c1ccc(N2NC(=O)/C(=C\c3ccc(-c4cc(C(=O)O)ccc4OC)o3)C2=O)cc1. The summed E-state index contributed by atoms with van der Waals surface area (Å²) in [4.78, 5) is 48.2. The number of nitrogens with zero attached hydrogens (tertiary/aromatic N) is 1. The van der Waals surface area contributed by atoms with Crippen molar-refractivity contribution in [3.05, 3.63) is 77.1 Å². The van der Waals surface area contributed by atoms with Crippen LogP contribution >= 0.6 is 0 Å². The van der Waals surface area contributed by atoms with E-state index < -0.39 is 23.8 Å². The first-order chi connectivity index (χ1) is 16.3. The Kier molecular flexibility index (Phi) is 5.88. The Morgan fingerprint density at radius 3 is 2.35 bits per heavy atom. The second-order valence-corrected chi connectivity index (χ2v) is 7.10. The third-order valence-electron chi connectivity index (χ3n) is 5.06. The number of rotatable bonds is 6. The largest absolute Gasteiger partial charge is 0.496 e. The summed E-state index contributed by atoms with van der Waals surface area (Å²) < 4.78 is 15.7. The lowest BCUT2D eigenvalue weighted by molar-refractivity contribution is -0.117. The maximum absolute atomic E-state index is 12.8. The van der Waals surface area contributed by atoms with E-state index >= 15 is 0 Å². The Bertz CT molecular complexity index is 1340. The van der Waals surface area contributed by atoms with E-state index in [0.717, 1.165) is 5.01 Å². The van der Waals surface area contributed by atoms with Crippen molar-refractivity contribution in [1.29, 1.82) is 0 Å². The fourth-order valence-electron chi connectivity index (χ4n) is 3.35. The second-order valence-electron chi connectivity index (χ2n) is 7.10. The summed E-state index contributed by atoms with van der Waals surface area (Å²) in [6, 6.07) is 13.4. The van der Waals surface area contributed by atoms with E-state index in [1.165, 1.54) is 62.8 Å². The lowest BCUT2D eigenvalue weighted by Crippen LogP contribution is -2.35. The fraction of sp³-hybridized carbons (Fsp3) is 0.0833. The van der Waals surface area contributed by atoms with Crippen molar-refractivity contribution in [2.24, 2.45) is 0 Å². The molecule has 172 valence electrons. The molecular formula is C24H18N2O8. The van der Waals surface area contributed by atoms with Crippen LogP contribution in [-0.4, -0.2) is 43.1 Å². The van der Waals surface area contributed by atoms with E-state index in [9.17, 15) is 24.3 Å². The number of methoxy groups -OCH3 is 2. The molecular weight excluding hydrogens is 444 g/mol. The number of carboxylic acid groups (broad SMARTS) is 1. The molecule has 2 amide bonds. The molecule has 0 spiro atoms. The third kappa shape index (κ3) is 4.11. The molecule has 2 aromatic carbocycles. The molecule has 0 bridgehead atoms. The number of nitrogens with one attached hydrogen (secondary N) is 1. The Hall–Kier alpha value is -4.86. The molecule has 1 aliphatic heterocycles. The highest BCUT2D eigenvalue weighted by Crippen LogP contribution is 2.33. The normalized spacial score (nSPS) is 14.3. The Labute approximate surface area is 193 Å². The number of esters is 1. The quantitative estimate of drug-likeness (QED) is 0.324. The predicted octanol–water partition coefficient (Wildman–Crippen LogP) is 2.90. The fourth-order valence-corrected chi connectivity index (χ4v) is 3.35. The number of anilines is 1. The highest BCUT2D eigenvalue weighted by Gasteiger charge is 2.35. The zero-order valence-electron chi connectivity index (χ0n) is 18.0. The number of carboxylic acids is 1. The molecule has 1 aromatic heterocycles. The topological polar surface area (TPSA) is 135 Å². The van der Waals surface area contributed by atoms with Crippen LogP contribution in [0.15, 0.2) is 64.6 Å². The van der Waals surface area contributed by atoms with Gasteiger partial charge in [-0.05, 0) is 60.7 Å². The van der Waals surface area contributed by atoms with Gasteiger partial charge in [0.2, 0.25) is 0 Å². The second kappa shape index (κ2) is 8.94. The smallest absolute Gasteiger partial charge is 0.337 e. The first kappa shape index (κ1) is 22.3. The molecule has 2 N–H and O–H groups in total. The lowest BCUT2D eigenvalue weighted by Gasteiger charge is -2.14. The van der Waals surface area contributed by atoms with Crippen molar-refractivity contribution in [1.82, 2.24) is 5.43 Å². The van der Waals surface area contributed by atoms with Crippen molar-refractivity contribution >= 4 is 35.5 Å². The number of hydrogen-bond acceptors (Lipinski definition) is 7. The zero-order valence-corrected chi connectivity index (χ0v) is 18.0. The van der Waals surface area contributed by atoms with Gasteiger partial charge in [-0.2, -0.15) is 0 Å². The van der Waals surface area contributed by atoms with Crippen molar-refractivity contribution < 1.29 is 38.2 Å². The van der Waals surface area contributed by atoms with Crippen LogP contribution in [0.3, 0.4) is 0 Å². The van der Waals surface area contributed by atoms with E-state index in [0.29, 0.717) is 28.3 Å². The summed E-state index contributed by atoms with van der Waals surface area (Å²) in [5, 5.41) is 10.3. The molecule has 1 saturated heterocycles. The average Bonchev–Trinajstić information content (AvgIpc) is 3.43. The van der Waals surface area contributed by atoms with Gasteiger partial charge in [0, 0.05) is 0 Å². The van der Waals surface area contributed by atoms with Gasteiger partial charge in [-0.15, -0.1) is 0 Å². The van der Waals surface area contributed by atoms with Gasteiger partial charge in [0.15, 0.2) is 0 Å². The van der Waals surface area contributed by atoms with Gasteiger partial charge in [-0.1, -0.05) is 0 Å². The van der Waals surface area contributed by atoms with Gasteiger partial charge in [0.05, 0.1) is 36.6 Å². The van der Waals surface area contributed by atoms with E-state index in [1.807, 2.05) is 0 Å². The molecule has 0 aliphatic carbocycles. The summed E-state index contributed by atoms with van der Waals surface area (Å²) >= 11 is 0. The van der Waals surface area contributed by atoms with Crippen molar-refractivity contribution in [2.75, 3.05) is 19.2 Å². The van der Waals surface area contributed by atoms with Crippen LogP contribution in [0, 0.1) is 0 Å². The van der Waals surface area contributed by atoms with E-state index in [4.69, 9.17) is 9.15 Å². The predicted molar refractivity (Wildman–Crippen MR) is 119 cm³/mol. The van der Waals surface area contributed by atoms with E-state index in [2.05, 4.69) is 10.2 Å². The lowest BCUT2D eigenvalue weighted by atomic mass is 10.1. The van der Waals surface area contributed by atoms with Crippen LogP contribution in [0.1, 0.15) is 26.5 Å². The minimum absolute atomic E-state index is 0.0475. The minimum atomic E-state index is -1.11. The summed E-state index contributed by atoms with van der Waals surface area (Å²) in [5.74, 6) is -1.97. The molecule has 0 saturated carbocycles. The van der Waals surface area contributed by atoms with Gasteiger partial charge in [-0.3, -0.25) is 15.0 Å². The molecule has 34 heavy (non-hydrogen) atoms. The summed E-state index contributed by atoms with van der Waals surface area (Å²) in [7, 11) is 2.70. The van der Waals surface area contributed by atoms with Crippen LogP contribution < -0.4 is 15.2 Å². The van der Waals surface area contributed by atoms with Crippen LogP contribution in [0.4, 0.5) is 5.69 Å². The molecule has 10 heteroatoms. The number of hydrogen-bond donors (Lipinski definition) is 2. The molecule has 4 rings (SSSR count). The minimum Gasteiger partial charge on any atom is -0.496 e. The number of ether oxygens (including phenoxy) is 2. The molecule has 2 heterocycles. The van der Waals surface area contributed by atoms with Crippen LogP contribution in [-0.2, 0) is 14.3 Å². The molecule has 1 fully saturated rings. The van der Waals surface area contributed by atoms with Crippen LogP contribution in [0.25, 0.3) is 17.4 Å². The first-order valence-corrected chi connectivity index (χ1v) is 9.89. The highest BCUT2D eigenvalue weighted by atomic mass is 16.5. The van der Waals surface area contributed by atoms with Gasteiger partial charge in [0.25, 0.3) is 11.8 Å². The molecule has 1 aliphatic rings. The summed E-state index contributed by atoms with van der Waals surface area (Å²) in [5.41, 5.74) is 3.40. The van der Waals surface area contributed by atoms with Crippen molar-refractivity contribution in [3.63, 3.8) is 0 Å². The standard InChI is InChI=1S/C24H18N2O8/c1-32-19-9-5-14(23(29)30)11-17(19)20-10-8-16(34-20)12-18-21(27)25-26(22(18)28)15-6-3-13(4-7-15)24(31)33-2/h3-12H,1-2H3,(H,25,27)(H,29,30)/b18-12+. The van der Waals surface area contributed by atoms with Gasteiger partial charge >= 0.3 is 11.9 Å². The van der Waals surface area contributed by atoms with Crippen LogP contribution in [0.2, 0.25) is 0 Å². The zero-order chi connectivity index (χ0) is 24.4. The third-order valence-corrected chi connectivity index (χ3v) is 5.06. The average molecular weight is 462 g/mol. The molecule has 10 nitrogen and oxygen atoms in total. The molecule has 0 unspecified atom stereocenters. The number of amides is 2. The molecule has 0 atom stereocenters. The van der Waals surface area contributed by atoms with Crippen molar-refractivity contribution in [2.45, 2.75) is 0 Å². The number of carbonyl (C=O) groups excluding carboxylic acids is 3. The van der Waals surface area contributed by atoms with Crippen LogP contribution in [0.5, 0.6) is 5.75 Å². The number of carbonyl (C=O) groups is 4. The maximum atomic E-state index is 12.8. The van der Waals surface area contributed by atoms with Gasteiger partial charge in [-0.25, -0.2) is 14.6 Å². The molecule has 3 aromatic rings. The van der Waals surface area contributed by atoms with Gasteiger partial charge in [0.1, 0.15) is 22.8 Å². The van der Waals surface area contributed by atoms with E-state index in [1.54, 1.807) is 12.1 Å². The summed E-state index contributed by atoms with van der Waals surface area (Å²) in [6.45, 7) is 0. The number of furan rings is 1. The number of aromatic carboxylic acids is 1. The van der Waals surface area contributed by atoms with Crippen molar-refractivity contribution in [3.8, 4) is 17.1 Å².